The second-order valence-corrected chi connectivity index (χ2v) is 5.33. The van der Waals surface area contributed by atoms with Gasteiger partial charge in [-0.3, -0.25) is 0 Å². The van der Waals surface area contributed by atoms with Crippen molar-refractivity contribution in [2.24, 2.45) is 11.1 Å². The molecule has 1 aromatic rings. The number of hydrogen-bond donors (Lipinski definition) is 1. The molecule has 1 rings (SSSR count). The largest absolute Gasteiger partial charge is 0.477 e. The maximum absolute atomic E-state index is 6.09. The Morgan fingerprint density at radius 2 is 2.12 bits per heavy atom. The molecule has 0 aliphatic carbocycles. The molecule has 1 heterocycles. The molecule has 0 amide bonds. The lowest BCUT2D eigenvalue weighted by atomic mass is 9.93. The fourth-order valence-corrected chi connectivity index (χ4v) is 1.42. The van der Waals surface area contributed by atoms with E-state index in [0.717, 1.165) is 12.0 Å². The van der Waals surface area contributed by atoms with E-state index in [1.807, 2.05) is 0 Å². The molecule has 4 heteroatoms. The highest BCUT2D eigenvalue weighted by Crippen LogP contribution is 2.26. The van der Waals surface area contributed by atoms with E-state index in [4.69, 9.17) is 22.1 Å². The minimum absolute atomic E-state index is 0.248. The van der Waals surface area contributed by atoms with E-state index >= 15 is 0 Å². The van der Waals surface area contributed by atoms with Crippen LogP contribution in [-0.2, 0) is 6.54 Å². The second-order valence-electron chi connectivity index (χ2n) is 4.95. The van der Waals surface area contributed by atoms with E-state index in [9.17, 15) is 0 Å². The first kappa shape index (κ1) is 13.3. The number of halogens is 1. The summed E-state index contributed by atoms with van der Waals surface area (Å²) in [6.45, 7) is 7.52. The molecule has 2 N–H and O–H groups in total. The molecule has 0 aliphatic rings. The Labute approximate surface area is 102 Å². The number of aromatic nitrogens is 1. The molecule has 90 valence electrons. The van der Waals surface area contributed by atoms with Gasteiger partial charge in [0.1, 0.15) is 5.02 Å². The van der Waals surface area contributed by atoms with Crippen molar-refractivity contribution in [3.8, 4) is 5.88 Å². The topological polar surface area (TPSA) is 48.1 Å². The number of hydrogen-bond acceptors (Lipinski definition) is 3. The lowest BCUT2D eigenvalue weighted by Gasteiger charge is -2.18. The van der Waals surface area contributed by atoms with Gasteiger partial charge in [-0.25, -0.2) is 4.98 Å². The molecule has 16 heavy (non-hydrogen) atoms. The zero-order valence-corrected chi connectivity index (χ0v) is 10.8. The van der Waals surface area contributed by atoms with E-state index in [1.54, 1.807) is 12.3 Å². The van der Waals surface area contributed by atoms with Gasteiger partial charge in [-0.2, -0.15) is 0 Å². The van der Waals surface area contributed by atoms with Crippen molar-refractivity contribution >= 4 is 11.6 Å². The van der Waals surface area contributed by atoms with Crippen LogP contribution in [0.4, 0.5) is 0 Å². The summed E-state index contributed by atoms with van der Waals surface area (Å²) in [7, 11) is 0. The van der Waals surface area contributed by atoms with Gasteiger partial charge in [0.2, 0.25) is 5.88 Å². The van der Waals surface area contributed by atoms with Crippen LogP contribution in [0.2, 0.25) is 5.02 Å². The number of ether oxygens (including phenoxy) is 1. The van der Waals surface area contributed by atoms with Gasteiger partial charge >= 0.3 is 0 Å². The second kappa shape index (κ2) is 5.51. The summed E-state index contributed by atoms with van der Waals surface area (Å²) in [6, 6.07) is 1.80. The van der Waals surface area contributed by atoms with Crippen molar-refractivity contribution in [2.45, 2.75) is 33.7 Å². The molecule has 0 spiro atoms. The third kappa shape index (κ3) is 3.99. The molecule has 0 radical (unpaired) electrons. The fourth-order valence-electron chi connectivity index (χ4n) is 1.17. The van der Waals surface area contributed by atoms with Crippen LogP contribution in [0.5, 0.6) is 5.88 Å². The first-order valence-electron chi connectivity index (χ1n) is 5.40. The molecule has 0 aliphatic heterocycles. The van der Waals surface area contributed by atoms with Crippen molar-refractivity contribution in [1.82, 2.24) is 4.98 Å². The van der Waals surface area contributed by atoms with Gasteiger partial charge < -0.3 is 10.5 Å². The molecular weight excluding hydrogens is 224 g/mol. The lowest BCUT2D eigenvalue weighted by Crippen LogP contribution is -2.12. The average molecular weight is 243 g/mol. The number of nitrogens with two attached hydrogens (primary N) is 1. The first-order valence-corrected chi connectivity index (χ1v) is 5.78. The molecule has 0 saturated heterocycles. The number of pyridine rings is 1. The normalized spacial score (nSPS) is 11.6. The zero-order chi connectivity index (χ0) is 12.2. The van der Waals surface area contributed by atoms with E-state index in [2.05, 4.69) is 25.8 Å². The predicted molar refractivity (Wildman–Crippen MR) is 66.7 cm³/mol. The summed E-state index contributed by atoms with van der Waals surface area (Å²) in [4.78, 5) is 4.10. The van der Waals surface area contributed by atoms with Crippen LogP contribution >= 0.6 is 11.6 Å². The fraction of sp³-hybridized carbons (Fsp3) is 0.583. The van der Waals surface area contributed by atoms with E-state index in [0.29, 0.717) is 24.1 Å². The first-order chi connectivity index (χ1) is 7.44. The summed E-state index contributed by atoms with van der Waals surface area (Å²) >= 11 is 6.09. The summed E-state index contributed by atoms with van der Waals surface area (Å²) < 4.78 is 5.56. The third-order valence-electron chi connectivity index (χ3n) is 2.25. The van der Waals surface area contributed by atoms with Crippen molar-refractivity contribution in [3.63, 3.8) is 0 Å². The Kier molecular flexibility index (Phi) is 4.56. The zero-order valence-electron chi connectivity index (χ0n) is 10.1. The van der Waals surface area contributed by atoms with Crippen molar-refractivity contribution in [3.05, 3.63) is 22.8 Å². The molecule has 3 nitrogen and oxygen atoms in total. The van der Waals surface area contributed by atoms with Gasteiger partial charge in [0, 0.05) is 12.7 Å². The molecule has 0 bridgehead atoms. The number of rotatable bonds is 4. The van der Waals surface area contributed by atoms with Gasteiger partial charge in [0.05, 0.1) is 6.61 Å². The summed E-state index contributed by atoms with van der Waals surface area (Å²) in [5.74, 6) is 0.480. The van der Waals surface area contributed by atoms with E-state index in [-0.39, 0.29) is 5.41 Å². The lowest BCUT2D eigenvalue weighted by molar-refractivity contribution is 0.236. The Balaban J connectivity index is 2.61. The molecule has 0 saturated carbocycles. The molecule has 1 aromatic heterocycles. The predicted octanol–water partition coefficient (Wildman–Crippen LogP) is 3.01. The van der Waals surface area contributed by atoms with Gasteiger partial charge in [0.25, 0.3) is 0 Å². The standard InChI is InChI=1S/C12H19ClN2O/c1-12(2,3)5-7-16-11-10(13)9(8-14)4-6-15-11/h4,6H,5,7-8,14H2,1-3H3. The van der Waals surface area contributed by atoms with Crippen LogP contribution in [0.25, 0.3) is 0 Å². The van der Waals surface area contributed by atoms with Crippen LogP contribution in [0.15, 0.2) is 12.3 Å². The number of nitrogens with zero attached hydrogens (tertiary/aromatic N) is 1. The van der Waals surface area contributed by atoms with Crippen molar-refractivity contribution in [1.29, 1.82) is 0 Å². The molecule has 0 unspecified atom stereocenters. The summed E-state index contributed by atoms with van der Waals surface area (Å²) in [6.07, 6.45) is 2.62. The summed E-state index contributed by atoms with van der Waals surface area (Å²) in [5.41, 5.74) is 6.66. The van der Waals surface area contributed by atoms with E-state index in [1.165, 1.54) is 0 Å². The molecule has 0 aromatic carbocycles. The highest BCUT2D eigenvalue weighted by Gasteiger charge is 2.12. The molecule has 0 fully saturated rings. The van der Waals surface area contributed by atoms with Crippen LogP contribution in [0.3, 0.4) is 0 Å². The van der Waals surface area contributed by atoms with Gasteiger partial charge in [-0.15, -0.1) is 0 Å². The van der Waals surface area contributed by atoms with E-state index < -0.39 is 0 Å². The smallest absolute Gasteiger partial charge is 0.232 e. The molecule has 0 atom stereocenters. The quantitative estimate of drug-likeness (QED) is 0.883. The van der Waals surface area contributed by atoms with Crippen LogP contribution < -0.4 is 10.5 Å². The Morgan fingerprint density at radius 3 is 2.69 bits per heavy atom. The van der Waals surface area contributed by atoms with Crippen molar-refractivity contribution < 1.29 is 4.74 Å². The third-order valence-corrected chi connectivity index (χ3v) is 2.65. The Morgan fingerprint density at radius 1 is 1.44 bits per heavy atom. The van der Waals surface area contributed by atoms with Crippen molar-refractivity contribution in [2.75, 3.05) is 6.61 Å². The maximum Gasteiger partial charge on any atom is 0.232 e. The van der Waals surface area contributed by atoms with Crippen LogP contribution in [0.1, 0.15) is 32.8 Å². The molecular formula is C12H19ClN2O. The van der Waals surface area contributed by atoms with Crippen LogP contribution in [-0.4, -0.2) is 11.6 Å². The highest BCUT2D eigenvalue weighted by molar-refractivity contribution is 6.32. The van der Waals surface area contributed by atoms with Gasteiger partial charge in [0.15, 0.2) is 0 Å². The maximum atomic E-state index is 6.09. The monoisotopic (exact) mass is 242 g/mol. The minimum Gasteiger partial charge on any atom is -0.477 e. The minimum atomic E-state index is 0.248. The highest BCUT2D eigenvalue weighted by atomic mass is 35.5. The van der Waals surface area contributed by atoms with Gasteiger partial charge in [-0.1, -0.05) is 32.4 Å². The summed E-state index contributed by atoms with van der Waals surface area (Å²) in [5, 5.41) is 0.527. The average Bonchev–Trinajstić information content (AvgIpc) is 2.19. The Bertz CT molecular complexity index is 347. The SMILES string of the molecule is CC(C)(C)CCOc1nccc(CN)c1Cl. The van der Waals surface area contributed by atoms with Gasteiger partial charge in [-0.05, 0) is 23.5 Å². The Hall–Kier alpha value is -0.800. The van der Waals surface area contributed by atoms with Crippen LogP contribution in [0, 0.1) is 5.41 Å².